The van der Waals surface area contributed by atoms with Crippen molar-refractivity contribution in [1.29, 1.82) is 0 Å². The average Bonchev–Trinajstić information content (AvgIpc) is 3.37. The maximum absolute atomic E-state index is 12.5. The lowest BCUT2D eigenvalue weighted by Gasteiger charge is -2.26. The van der Waals surface area contributed by atoms with E-state index in [2.05, 4.69) is 10.2 Å². The Morgan fingerprint density at radius 3 is 2.85 bits per heavy atom. The van der Waals surface area contributed by atoms with Crippen molar-refractivity contribution < 1.29 is 13.6 Å². The van der Waals surface area contributed by atoms with Crippen molar-refractivity contribution in [1.82, 2.24) is 10.2 Å². The molecule has 1 saturated heterocycles. The third kappa shape index (κ3) is 3.53. The first kappa shape index (κ1) is 16.9. The van der Waals surface area contributed by atoms with Gasteiger partial charge in [-0.25, -0.2) is 0 Å². The van der Waals surface area contributed by atoms with E-state index in [-0.39, 0.29) is 11.9 Å². The third-order valence-corrected chi connectivity index (χ3v) is 5.11. The van der Waals surface area contributed by atoms with E-state index in [4.69, 9.17) is 8.83 Å². The van der Waals surface area contributed by atoms with Crippen LogP contribution in [0.2, 0.25) is 0 Å². The molecule has 0 radical (unpaired) electrons. The number of furan rings is 2. The van der Waals surface area contributed by atoms with E-state index in [1.54, 1.807) is 12.5 Å². The predicted octanol–water partition coefficient (Wildman–Crippen LogP) is 3.83. The molecule has 2 aromatic heterocycles. The molecule has 5 heteroatoms. The van der Waals surface area contributed by atoms with Crippen molar-refractivity contribution in [3.63, 3.8) is 0 Å². The molecule has 0 spiro atoms. The van der Waals surface area contributed by atoms with Gasteiger partial charge < -0.3 is 14.2 Å². The number of likely N-dealkylation sites (tertiary alicyclic amines) is 1. The van der Waals surface area contributed by atoms with E-state index in [1.807, 2.05) is 37.3 Å². The van der Waals surface area contributed by atoms with E-state index >= 15 is 0 Å². The number of aryl methyl sites for hydroxylation is 1. The van der Waals surface area contributed by atoms with Crippen LogP contribution in [0, 0.1) is 6.92 Å². The van der Waals surface area contributed by atoms with Crippen LogP contribution in [0.15, 0.2) is 51.7 Å². The summed E-state index contributed by atoms with van der Waals surface area (Å²) in [4.78, 5) is 14.9. The first-order valence-corrected chi connectivity index (χ1v) is 9.21. The summed E-state index contributed by atoms with van der Waals surface area (Å²) in [5.41, 5.74) is 2.90. The monoisotopic (exact) mass is 352 g/mol. The Hall–Kier alpha value is -2.53. The fourth-order valence-electron chi connectivity index (χ4n) is 3.72. The Morgan fingerprint density at radius 1 is 1.23 bits per heavy atom. The van der Waals surface area contributed by atoms with Crippen molar-refractivity contribution in [3.05, 3.63) is 59.7 Å². The molecule has 3 aromatic rings. The van der Waals surface area contributed by atoms with Gasteiger partial charge in [0.2, 0.25) is 5.91 Å². The lowest BCUT2D eigenvalue weighted by Crippen LogP contribution is -2.37. The minimum atomic E-state index is 0.00373. The Balaban J connectivity index is 1.41. The molecular weight excluding hydrogens is 328 g/mol. The van der Waals surface area contributed by atoms with E-state index in [0.717, 1.165) is 40.9 Å². The number of carbonyl (C=O) groups is 1. The average molecular weight is 352 g/mol. The molecule has 136 valence electrons. The van der Waals surface area contributed by atoms with Crippen LogP contribution in [0.3, 0.4) is 0 Å². The van der Waals surface area contributed by atoms with Gasteiger partial charge in [0, 0.05) is 17.5 Å². The van der Waals surface area contributed by atoms with Crippen LogP contribution in [0.25, 0.3) is 11.0 Å². The summed E-state index contributed by atoms with van der Waals surface area (Å²) >= 11 is 0. The summed E-state index contributed by atoms with van der Waals surface area (Å²) in [5, 5.41) is 4.09. The van der Waals surface area contributed by atoms with Crippen molar-refractivity contribution in [2.45, 2.75) is 32.2 Å². The van der Waals surface area contributed by atoms with Crippen LogP contribution in [-0.2, 0) is 11.2 Å². The molecule has 1 aliphatic rings. The highest BCUT2D eigenvalue weighted by atomic mass is 16.3. The fraction of sp³-hybridized carbons (Fsp3) is 0.381. The molecule has 1 N–H and O–H groups in total. The van der Waals surface area contributed by atoms with Gasteiger partial charge in [-0.1, -0.05) is 12.1 Å². The van der Waals surface area contributed by atoms with E-state index in [9.17, 15) is 4.79 Å². The quantitative estimate of drug-likeness (QED) is 0.732. The van der Waals surface area contributed by atoms with Crippen molar-refractivity contribution >= 4 is 16.9 Å². The van der Waals surface area contributed by atoms with Crippen molar-refractivity contribution in [2.24, 2.45) is 0 Å². The van der Waals surface area contributed by atoms with Gasteiger partial charge in [0.1, 0.15) is 11.3 Å². The van der Waals surface area contributed by atoms with Crippen LogP contribution < -0.4 is 5.32 Å². The van der Waals surface area contributed by atoms with Crippen LogP contribution >= 0.6 is 0 Å². The zero-order chi connectivity index (χ0) is 17.9. The zero-order valence-corrected chi connectivity index (χ0v) is 15.0. The molecule has 5 nitrogen and oxygen atoms in total. The third-order valence-electron chi connectivity index (χ3n) is 5.11. The molecule has 0 bridgehead atoms. The number of fused-ring (bicyclic) bond motifs is 1. The topological polar surface area (TPSA) is 58.6 Å². The first-order valence-electron chi connectivity index (χ1n) is 9.21. The van der Waals surface area contributed by atoms with Crippen LogP contribution in [-0.4, -0.2) is 30.4 Å². The molecule has 3 heterocycles. The SMILES string of the molecule is Cc1ccc2c(CC(=O)NCC(c3ccco3)N3CCCC3)coc2c1. The molecule has 1 atom stereocenters. The molecule has 1 aliphatic heterocycles. The second-order valence-electron chi connectivity index (χ2n) is 7.02. The molecule has 1 aromatic carbocycles. The molecule has 26 heavy (non-hydrogen) atoms. The molecule has 0 aliphatic carbocycles. The number of hydrogen-bond acceptors (Lipinski definition) is 4. The van der Waals surface area contributed by atoms with Gasteiger partial charge in [0.25, 0.3) is 0 Å². The number of nitrogens with zero attached hydrogens (tertiary/aromatic N) is 1. The number of amides is 1. The van der Waals surface area contributed by atoms with Gasteiger partial charge in [0.05, 0.1) is 25.0 Å². The van der Waals surface area contributed by atoms with Gasteiger partial charge in [0.15, 0.2) is 0 Å². The lowest BCUT2D eigenvalue weighted by atomic mass is 10.1. The van der Waals surface area contributed by atoms with Crippen molar-refractivity contribution in [2.75, 3.05) is 19.6 Å². The number of rotatable bonds is 6. The fourth-order valence-corrected chi connectivity index (χ4v) is 3.72. The normalized spacial score (nSPS) is 16.2. The number of hydrogen-bond donors (Lipinski definition) is 1. The number of nitrogens with one attached hydrogen (secondary N) is 1. The number of benzene rings is 1. The second-order valence-corrected chi connectivity index (χ2v) is 7.02. The maximum atomic E-state index is 12.5. The minimum absolute atomic E-state index is 0.00373. The standard InChI is InChI=1S/C21H24N2O3/c1-15-6-7-17-16(14-26-20(17)11-15)12-21(24)22-13-18(19-5-4-10-25-19)23-8-2-3-9-23/h4-7,10-11,14,18H,2-3,8-9,12-13H2,1H3,(H,22,24). The maximum Gasteiger partial charge on any atom is 0.224 e. The highest BCUT2D eigenvalue weighted by Crippen LogP contribution is 2.25. The Bertz CT molecular complexity index is 876. The van der Waals surface area contributed by atoms with Crippen LogP contribution in [0.5, 0.6) is 0 Å². The lowest BCUT2D eigenvalue weighted by molar-refractivity contribution is -0.120. The molecule has 1 fully saturated rings. The minimum Gasteiger partial charge on any atom is -0.468 e. The van der Waals surface area contributed by atoms with Gasteiger partial charge in [-0.2, -0.15) is 0 Å². The van der Waals surface area contributed by atoms with Crippen molar-refractivity contribution in [3.8, 4) is 0 Å². The van der Waals surface area contributed by atoms with E-state index < -0.39 is 0 Å². The van der Waals surface area contributed by atoms with Gasteiger partial charge in [-0.05, 0) is 56.6 Å². The summed E-state index contributed by atoms with van der Waals surface area (Å²) in [5.74, 6) is 0.917. The van der Waals surface area contributed by atoms with Gasteiger partial charge >= 0.3 is 0 Å². The zero-order valence-electron chi connectivity index (χ0n) is 15.0. The summed E-state index contributed by atoms with van der Waals surface area (Å²) in [6.07, 6.45) is 6.10. The smallest absolute Gasteiger partial charge is 0.224 e. The van der Waals surface area contributed by atoms with E-state index in [0.29, 0.717) is 13.0 Å². The van der Waals surface area contributed by atoms with Crippen LogP contribution in [0.1, 0.15) is 35.8 Å². The highest BCUT2D eigenvalue weighted by molar-refractivity contribution is 5.87. The van der Waals surface area contributed by atoms with E-state index in [1.165, 1.54) is 12.8 Å². The van der Waals surface area contributed by atoms with Gasteiger partial charge in [-0.3, -0.25) is 9.69 Å². The molecule has 0 saturated carbocycles. The first-order chi connectivity index (χ1) is 12.7. The summed E-state index contributed by atoms with van der Waals surface area (Å²) in [7, 11) is 0. The summed E-state index contributed by atoms with van der Waals surface area (Å²) in [6, 6.07) is 10.0. The Kier molecular flexibility index (Phi) is 4.80. The molecule has 1 unspecified atom stereocenters. The van der Waals surface area contributed by atoms with Crippen LogP contribution in [0.4, 0.5) is 0 Å². The summed E-state index contributed by atoms with van der Waals surface area (Å²) in [6.45, 7) is 4.68. The predicted molar refractivity (Wildman–Crippen MR) is 99.9 cm³/mol. The second kappa shape index (κ2) is 7.38. The molecular formula is C21H24N2O3. The van der Waals surface area contributed by atoms with Gasteiger partial charge in [-0.15, -0.1) is 0 Å². The summed E-state index contributed by atoms with van der Waals surface area (Å²) < 4.78 is 11.2. The highest BCUT2D eigenvalue weighted by Gasteiger charge is 2.26. The number of carbonyl (C=O) groups excluding carboxylic acids is 1. The molecule has 4 rings (SSSR count). The Labute approximate surface area is 153 Å². The molecule has 1 amide bonds. The largest absolute Gasteiger partial charge is 0.468 e. The Morgan fingerprint density at radius 2 is 2.08 bits per heavy atom.